The number of benzene rings is 2. The molecule has 0 aliphatic heterocycles. The quantitative estimate of drug-likeness (QED) is 0.623. The van der Waals surface area contributed by atoms with E-state index in [1.54, 1.807) is 31.2 Å². The molecule has 10 heteroatoms. The Bertz CT molecular complexity index is 1030. The van der Waals surface area contributed by atoms with Gasteiger partial charge < -0.3 is 15.2 Å². The molecule has 0 unspecified atom stereocenters. The van der Waals surface area contributed by atoms with Crippen molar-refractivity contribution < 1.29 is 27.3 Å². The first-order valence-electron chi connectivity index (χ1n) is 8.94. The van der Waals surface area contributed by atoms with Gasteiger partial charge in [0.15, 0.2) is 0 Å². The van der Waals surface area contributed by atoms with Crippen LogP contribution in [-0.4, -0.2) is 22.0 Å². The van der Waals surface area contributed by atoms with E-state index in [0.717, 1.165) is 5.56 Å². The SMILES string of the molecule is CCC(=O)Nc1ccc(CC(=O)Nc2ccc(-c3noc(C(F)(F)F)n3)cc2)cc1. The van der Waals surface area contributed by atoms with Crippen molar-refractivity contribution in [3.63, 3.8) is 0 Å². The van der Waals surface area contributed by atoms with Crippen molar-refractivity contribution in [3.05, 3.63) is 60.0 Å². The summed E-state index contributed by atoms with van der Waals surface area (Å²) in [6.07, 6.45) is -4.22. The molecule has 2 N–H and O–H groups in total. The van der Waals surface area contributed by atoms with E-state index < -0.39 is 12.1 Å². The number of rotatable bonds is 6. The van der Waals surface area contributed by atoms with Crippen molar-refractivity contribution in [2.45, 2.75) is 25.9 Å². The van der Waals surface area contributed by atoms with Gasteiger partial charge in [0.1, 0.15) is 0 Å². The predicted octanol–water partition coefficient (Wildman–Crippen LogP) is 4.29. The van der Waals surface area contributed by atoms with Gasteiger partial charge in [-0.25, -0.2) is 0 Å². The molecule has 0 aliphatic carbocycles. The lowest BCUT2D eigenvalue weighted by molar-refractivity contribution is -0.159. The van der Waals surface area contributed by atoms with Crippen molar-refractivity contribution >= 4 is 23.2 Å². The minimum Gasteiger partial charge on any atom is -0.329 e. The van der Waals surface area contributed by atoms with Crippen LogP contribution in [0.1, 0.15) is 24.8 Å². The smallest absolute Gasteiger partial charge is 0.329 e. The predicted molar refractivity (Wildman–Crippen MR) is 102 cm³/mol. The summed E-state index contributed by atoms with van der Waals surface area (Å²) in [6, 6.07) is 12.9. The van der Waals surface area contributed by atoms with Crippen LogP contribution in [-0.2, 0) is 22.2 Å². The monoisotopic (exact) mass is 418 g/mol. The number of carbonyl (C=O) groups is 2. The van der Waals surface area contributed by atoms with Crippen molar-refractivity contribution in [1.82, 2.24) is 10.1 Å². The molecule has 1 aromatic heterocycles. The third-order valence-electron chi connectivity index (χ3n) is 4.02. The molecule has 0 bridgehead atoms. The van der Waals surface area contributed by atoms with Crippen LogP contribution in [0.25, 0.3) is 11.4 Å². The molecule has 2 aromatic carbocycles. The zero-order valence-electron chi connectivity index (χ0n) is 15.8. The highest BCUT2D eigenvalue weighted by Gasteiger charge is 2.38. The third kappa shape index (κ3) is 5.43. The van der Waals surface area contributed by atoms with Gasteiger partial charge in [0.05, 0.1) is 6.42 Å². The van der Waals surface area contributed by atoms with E-state index in [1.165, 1.54) is 24.3 Å². The fraction of sp³-hybridized carbons (Fsp3) is 0.200. The van der Waals surface area contributed by atoms with E-state index in [0.29, 0.717) is 23.4 Å². The number of alkyl halides is 3. The molecular formula is C20H17F3N4O3. The molecule has 156 valence electrons. The Balaban J connectivity index is 1.58. The van der Waals surface area contributed by atoms with Gasteiger partial charge in [0.2, 0.25) is 17.6 Å². The molecule has 0 atom stereocenters. The van der Waals surface area contributed by atoms with Crippen molar-refractivity contribution in [2.75, 3.05) is 10.6 Å². The zero-order valence-corrected chi connectivity index (χ0v) is 15.8. The maximum atomic E-state index is 12.5. The van der Waals surface area contributed by atoms with Crippen LogP contribution in [0.5, 0.6) is 0 Å². The summed E-state index contributed by atoms with van der Waals surface area (Å²) in [5.41, 5.74) is 2.19. The molecule has 0 saturated carbocycles. The van der Waals surface area contributed by atoms with Crippen LogP contribution in [0.4, 0.5) is 24.5 Å². The first kappa shape index (κ1) is 21.0. The molecule has 7 nitrogen and oxygen atoms in total. The van der Waals surface area contributed by atoms with E-state index >= 15 is 0 Å². The van der Waals surface area contributed by atoms with E-state index in [1.807, 2.05) is 0 Å². The number of nitrogens with zero attached hydrogens (tertiary/aromatic N) is 2. The Morgan fingerprint density at radius 2 is 1.50 bits per heavy atom. The van der Waals surface area contributed by atoms with Gasteiger partial charge in [0.25, 0.3) is 0 Å². The second-order valence-electron chi connectivity index (χ2n) is 6.32. The van der Waals surface area contributed by atoms with Gasteiger partial charge >= 0.3 is 12.1 Å². The Morgan fingerprint density at radius 1 is 0.933 bits per heavy atom. The third-order valence-corrected chi connectivity index (χ3v) is 4.02. The van der Waals surface area contributed by atoms with E-state index in [9.17, 15) is 22.8 Å². The second kappa shape index (κ2) is 8.76. The highest BCUT2D eigenvalue weighted by molar-refractivity contribution is 5.93. The topological polar surface area (TPSA) is 97.1 Å². The highest BCUT2D eigenvalue weighted by Crippen LogP contribution is 2.29. The fourth-order valence-electron chi connectivity index (χ4n) is 2.50. The molecule has 0 radical (unpaired) electrons. The van der Waals surface area contributed by atoms with Crippen molar-refractivity contribution in [3.8, 4) is 11.4 Å². The summed E-state index contributed by atoms with van der Waals surface area (Å²) < 4.78 is 41.8. The lowest BCUT2D eigenvalue weighted by Gasteiger charge is -2.07. The molecule has 30 heavy (non-hydrogen) atoms. The van der Waals surface area contributed by atoms with Gasteiger partial charge in [-0.05, 0) is 42.0 Å². The highest BCUT2D eigenvalue weighted by atomic mass is 19.4. The van der Waals surface area contributed by atoms with Crippen LogP contribution in [0.2, 0.25) is 0 Å². The van der Waals surface area contributed by atoms with Gasteiger partial charge in [-0.2, -0.15) is 18.2 Å². The lowest BCUT2D eigenvalue weighted by Crippen LogP contribution is -2.14. The number of hydrogen-bond donors (Lipinski definition) is 2. The number of carbonyl (C=O) groups excluding carboxylic acids is 2. The number of aromatic nitrogens is 2. The van der Waals surface area contributed by atoms with Crippen molar-refractivity contribution in [2.24, 2.45) is 0 Å². The first-order valence-corrected chi connectivity index (χ1v) is 8.94. The minimum absolute atomic E-state index is 0.0978. The zero-order chi connectivity index (χ0) is 21.7. The molecular weight excluding hydrogens is 401 g/mol. The maximum absolute atomic E-state index is 12.5. The number of hydrogen-bond acceptors (Lipinski definition) is 5. The van der Waals surface area contributed by atoms with Gasteiger partial charge in [-0.1, -0.05) is 24.2 Å². The molecule has 0 saturated heterocycles. The lowest BCUT2D eigenvalue weighted by atomic mass is 10.1. The molecule has 1 heterocycles. The molecule has 0 fully saturated rings. The van der Waals surface area contributed by atoms with E-state index in [2.05, 4.69) is 25.3 Å². The Kier molecular flexibility index (Phi) is 6.14. The van der Waals surface area contributed by atoms with Crippen LogP contribution in [0.3, 0.4) is 0 Å². The average Bonchev–Trinajstić information content (AvgIpc) is 3.21. The number of halogens is 3. The van der Waals surface area contributed by atoms with Gasteiger partial charge in [-0.15, -0.1) is 0 Å². The second-order valence-corrected chi connectivity index (χ2v) is 6.32. The Labute approximate surface area is 169 Å². The van der Waals surface area contributed by atoms with Crippen LogP contribution < -0.4 is 10.6 Å². The standard InChI is InChI=1S/C20H17F3N4O3/c1-2-16(28)24-14-7-3-12(4-8-14)11-17(29)25-15-9-5-13(6-10-15)18-26-19(30-27-18)20(21,22)23/h3-10H,2,11H2,1H3,(H,24,28)(H,25,29). The number of nitrogens with one attached hydrogen (secondary N) is 2. The maximum Gasteiger partial charge on any atom is 0.471 e. The fourth-order valence-corrected chi connectivity index (χ4v) is 2.50. The van der Waals surface area contributed by atoms with E-state index in [4.69, 9.17) is 0 Å². The van der Waals surface area contributed by atoms with Gasteiger partial charge in [0, 0.05) is 23.4 Å². The summed E-state index contributed by atoms with van der Waals surface area (Å²) in [4.78, 5) is 26.9. The van der Waals surface area contributed by atoms with Crippen LogP contribution in [0, 0.1) is 0 Å². The first-order chi connectivity index (χ1) is 14.2. The van der Waals surface area contributed by atoms with E-state index in [-0.39, 0.29) is 24.1 Å². The molecule has 3 rings (SSSR count). The number of anilines is 2. The molecule has 0 aliphatic rings. The summed E-state index contributed by atoms with van der Waals surface area (Å²) >= 11 is 0. The molecule has 2 amide bonds. The largest absolute Gasteiger partial charge is 0.471 e. The number of amides is 2. The summed E-state index contributed by atoms with van der Waals surface area (Å²) in [7, 11) is 0. The molecule has 0 spiro atoms. The van der Waals surface area contributed by atoms with Gasteiger partial charge in [-0.3, -0.25) is 9.59 Å². The van der Waals surface area contributed by atoms with Crippen LogP contribution >= 0.6 is 0 Å². The molecule has 3 aromatic rings. The Hall–Kier alpha value is -3.69. The van der Waals surface area contributed by atoms with Crippen molar-refractivity contribution in [1.29, 1.82) is 0 Å². The minimum atomic E-state index is -4.71. The summed E-state index contributed by atoms with van der Waals surface area (Å²) in [5, 5.41) is 8.73. The summed E-state index contributed by atoms with van der Waals surface area (Å²) in [6.45, 7) is 1.75. The Morgan fingerprint density at radius 3 is 2.03 bits per heavy atom. The average molecular weight is 418 g/mol. The normalized spacial score (nSPS) is 11.2. The van der Waals surface area contributed by atoms with Crippen LogP contribution in [0.15, 0.2) is 53.1 Å². The summed E-state index contributed by atoms with van der Waals surface area (Å²) in [5.74, 6) is -1.99.